The van der Waals surface area contributed by atoms with E-state index in [0.717, 1.165) is 11.3 Å². The summed E-state index contributed by atoms with van der Waals surface area (Å²) in [5.74, 6) is 0.899. The van der Waals surface area contributed by atoms with Gasteiger partial charge in [0.05, 0.1) is 29.6 Å². The first kappa shape index (κ1) is 11.0. The van der Waals surface area contributed by atoms with E-state index >= 15 is 0 Å². The number of halogens is 1. The predicted octanol–water partition coefficient (Wildman–Crippen LogP) is 1.29. The molecule has 6 heteroatoms. The van der Waals surface area contributed by atoms with Crippen LogP contribution in [0.15, 0.2) is 6.20 Å². The van der Waals surface area contributed by atoms with Crippen molar-refractivity contribution in [2.45, 2.75) is 25.3 Å². The first-order valence-corrected chi connectivity index (χ1v) is 7.18. The van der Waals surface area contributed by atoms with E-state index in [1.165, 1.54) is 0 Å². The van der Waals surface area contributed by atoms with Crippen molar-refractivity contribution >= 4 is 21.4 Å². The van der Waals surface area contributed by atoms with Gasteiger partial charge in [0.15, 0.2) is 9.84 Å². The van der Waals surface area contributed by atoms with Crippen molar-refractivity contribution in [1.82, 2.24) is 9.78 Å². The van der Waals surface area contributed by atoms with Gasteiger partial charge in [0.1, 0.15) is 0 Å². The molecule has 2 rings (SSSR count). The van der Waals surface area contributed by atoms with Crippen molar-refractivity contribution in [3.05, 3.63) is 17.5 Å². The van der Waals surface area contributed by atoms with E-state index in [1.807, 2.05) is 6.92 Å². The minimum atomic E-state index is -2.85. The summed E-state index contributed by atoms with van der Waals surface area (Å²) in [7, 11) is -2.85. The number of sulfone groups is 1. The fraction of sp³-hybridized carbons (Fsp3) is 0.667. The van der Waals surface area contributed by atoms with E-state index in [9.17, 15) is 8.42 Å². The zero-order chi connectivity index (χ0) is 11.1. The van der Waals surface area contributed by atoms with Crippen LogP contribution in [0.4, 0.5) is 0 Å². The summed E-state index contributed by atoms with van der Waals surface area (Å²) < 4.78 is 24.5. The summed E-state index contributed by atoms with van der Waals surface area (Å²) in [6, 6.07) is -0.00744. The van der Waals surface area contributed by atoms with E-state index in [2.05, 4.69) is 5.10 Å². The Labute approximate surface area is 94.2 Å². The molecule has 84 valence electrons. The second-order valence-corrected chi connectivity index (χ2v) is 6.39. The maximum Gasteiger partial charge on any atom is 0.152 e. The van der Waals surface area contributed by atoms with Crippen LogP contribution >= 0.6 is 11.6 Å². The zero-order valence-electron chi connectivity index (χ0n) is 8.48. The first-order valence-electron chi connectivity index (χ1n) is 4.83. The van der Waals surface area contributed by atoms with Crippen LogP contribution < -0.4 is 0 Å². The lowest BCUT2D eigenvalue weighted by Gasteiger charge is -2.11. The lowest BCUT2D eigenvalue weighted by Crippen LogP contribution is -2.13. The molecule has 1 aromatic rings. The molecule has 1 fully saturated rings. The summed E-state index contributed by atoms with van der Waals surface area (Å²) in [6.07, 6.45) is 2.37. The average molecular weight is 249 g/mol. The minimum Gasteiger partial charge on any atom is -0.265 e. The molecule has 0 spiro atoms. The highest BCUT2D eigenvalue weighted by Crippen LogP contribution is 2.25. The van der Waals surface area contributed by atoms with Crippen molar-refractivity contribution < 1.29 is 8.42 Å². The molecule has 2 heterocycles. The Kier molecular flexibility index (Phi) is 2.77. The van der Waals surface area contributed by atoms with Crippen LogP contribution in [0.25, 0.3) is 0 Å². The van der Waals surface area contributed by atoms with Crippen molar-refractivity contribution in [3.8, 4) is 0 Å². The molecule has 1 atom stereocenters. The standard InChI is InChI=1S/C9H13ClN2O2S/c1-7-8(4-10)5-11-12(7)9-2-3-15(13,14)6-9/h5,9H,2-4,6H2,1H3. The molecule has 1 aliphatic rings. The third kappa shape index (κ3) is 2.03. The molecular formula is C9H13ClN2O2S. The SMILES string of the molecule is Cc1c(CCl)cnn1C1CCS(=O)(=O)C1. The fourth-order valence-electron chi connectivity index (χ4n) is 1.93. The summed E-state index contributed by atoms with van der Waals surface area (Å²) in [5, 5.41) is 4.20. The molecule has 0 aromatic carbocycles. The average Bonchev–Trinajstić information content (AvgIpc) is 2.69. The van der Waals surface area contributed by atoms with Crippen molar-refractivity contribution in [1.29, 1.82) is 0 Å². The van der Waals surface area contributed by atoms with Crippen LogP contribution in [-0.2, 0) is 15.7 Å². The Bertz CT molecular complexity index is 466. The van der Waals surface area contributed by atoms with Gasteiger partial charge in [-0.25, -0.2) is 8.42 Å². The van der Waals surface area contributed by atoms with Crippen LogP contribution in [0.1, 0.15) is 23.7 Å². The Morgan fingerprint density at radius 3 is 2.87 bits per heavy atom. The monoisotopic (exact) mass is 248 g/mol. The van der Waals surface area contributed by atoms with Crippen LogP contribution in [0.3, 0.4) is 0 Å². The van der Waals surface area contributed by atoms with Crippen LogP contribution in [0.2, 0.25) is 0 Å². The number of rotatable bonds is 2. The molecule has 0 amide bonds. The van der Waals surface area contributed by atoms with Gasteiger partial charge < -0.3 is 0 Å². The number of hydrogen-bond acceptors (Lipinski definition) is 3. The Hall–Kier alpha value is -0.550. The second kappa shape index (κ2) is 3.79. The number of hydrogen-bond donors (Lipinski definition) is 0. The molecule has 1 aliphatic heterocycles. The molecule has 0 saturated carbocycles. The Morgan fingerprint density at radius 1 is 1.67 bits per heavy atom. The molecule has 1 aromatic heterocycles. The van der Waals surface area contributed by atoms with Crippen molar-refractivity contribution in [2.24, 2.45) is 0 Å². The fourth-order valence-corrected chi connectivity index (χ4v) is 3.88. The Morgan fingerprint density at radius 2 is 2.40 bits per heavy atom. The van der Waals surface area contributed by atoms with Gasteiger partial charge in [0.25, 0.3) is 0 Å². The van der Waals surface area contributed by atoms with Gasteiger partial charge in [-0.3, -0.25) is 4.68 Å². The highest BCUT2D eigenvalue weighted by atomic mass is 35.5. The van der Waals surface area contributed by atoms with Gasteiger partial charge in [0.2, 0.25) is 0 Å². The lowest BCUT2D eigenvalue weighted by atomic mass is 10.2. The second-order valence-electron chi connectivity index (χ2n) is 3.89. The van der Waals surface area contributed by atoms with E-state index in [0.29, 0.717) is 12.3 Å². The summed E-state index contributed by atoms with van der Waals surface area (Å²) in [4.78, 5) is 0. The maximum absolute atomic E-state index is 11.3. The molecule has 1 saturated heterocycles. The largest absolute Gasteiger partial charge is 0.265 e. The third-order valence-electron chi connectivity index (χ3n) is 2.84. The van der Waals surface area contributed by atoms with Crippen LogP contribution in [0, 0.1) is 6.92 Å². The number of aromatic nitrogens is 2. The van der Waals surface area contributed by atoms with Crippen LogP contribution in [0.5, 0.6) is 0 Å². The first-order chi connectivity index (χ1) is 7.03. The summed E-state index contributed by atoms with van der Waals surface area (Å²) in [6.45, 7) is 1.93. The van der Waals surface area contributed by atoms with E-state index in [1.54, 1.807) is 10.9 Å². The molecule has 4 nitrogen and oxygen atoms in total. The van der Waals surface area contributed by atoms with Crippen molar-refractivity contribution in [2.75, 3.05) is 11.5 Å². The third-order valence-corrected chi connectivity index (χ3v) is 4.88. The van der Waals surface area contributed by atoms with E-state index in [-0.39, 0.29) is 17.5 Å². The molecule has 1 unspecified atom stereocenters. The summed E-state index contributed by atoms with van der Waals surface area (Å²) in [5.41, 5.74) is 1.95. The summed E-state index contributed by atoms with van der Waals surface area (Å²) >= 11 is 5.74. The van der Waals surface area contributed by atoms with Gasteiger partial charge in [0, 0.05) is 11.3 Å². The molecule has 0 bridgehead atoms. The molecule has 15 heavy (non-hydrogen) atoms. The molecule has 0 N–H and O–H groups in total. The van der Waals surface area contributed by atoms with E-state index < -0.39 is 9.84 Å². The molecule has 0 aliphatic carbocycles. The molecular weight excluding hydrogens is 236 g/mol. The minimum absolute atomic E-state index is 0.00744. The number of nitrogens with zero attached hydrogens (tertiary/aromatic N) is 2. The van der Waals surface area contributed by atoms with Gasteiger partial charge in [-0.1, -0.05) is 0 Å². The quantitative estimate of drug-likeness (QED) is 0.741. The number of alkyl halides is 1. The van der Waals surface area contributed by atoms with Gasteiger partial charge in [-0.05, 0) is 13.3 Å². The lowest BCUT2D eigenvalue weighted by molar-refractivity contribution is 0.488. The zero-order valence-corrected chi connectivity index (χ0v) is 10.1. The Balaban J connectivity index is 2.28. The van der Waals surface area contributed by atoms with Crippen molar-refractivity contribution in [3.63, 3.8) is 0 Å². The highest BCUT2D eigenvalue weighted by Gasteiger charge is 2.30. The highest BCUT2D eigenvalue weighted by molar-refractivity contribution is 7.91. The van der Waals surface area contributed by atoms with Crippen LogP contribution in [-0.4, -0.2) is 29.7 Å². The smallest absolute Gasteiger partial charge is 0.152 e. The topological polar surface area (TPSA) is 52.0 Å². The molecule has 0 radical (unpaired) electrons. The van der Waals surface area contributed by atoms with Gasteiger partial charge in [-0.2, -0.15) is 5.10 Å². The van der Waals surface area contributed by atoms with Gasteiger partial charge >= 0.3 is 0 Å². The predicted molar refractivity (Wildman–Crippen MR) is 58.8 cm³/mol. The van der Waals surface area contributed by atoms with Gasteiger partial charge in [-0.15, -0.1) is 11.6 Å². The van der Waals surface area contributed by atoms with E-state index in [4.69, 9.17) is 11.6 Å². The maximum atomic E-state index is 11.3. The normalized spacial score (nSPS) is 24.5.